The molecular formula is C12H10N2O6. The topological polar surface area (TPSA) is 123 Å². The number of carboxylic acid groups (broad SMARTS) is 1. The van der Waals surface area contributed by atoms with Crippen molar-refractivity contribution in [2.45, 2.75) is 6.04 Å². The van der Waals surface area contributed by atoms with Crippen LogP contribution in [0, 0.1) is 10.1 Å². The number of rotatable bonds is 4. The quantitative estimate of drug-likeness (QED) is 0.621. The van der Waals surface area contributed by atoms with E-state index in [1.54, 1.807) is 0 Å². The van der Waals surface area contributed by atoms with Crippen molar-refractivity contribution in [1.29, 1.82) is 0 Å². The van der Waals surface area contributed by atoms with Crippen LogP contribution >= 0.6 is 0 Å². The number of nitrogens with zero attached hydrogens (tertiary/aromatic N) is 2. The highest BCUT2D eigenvalue weighted by Gasteiger charge is 2.22. The number of pyridine rings is 1. The van der Waals surface area contributed by atoms with Crippen LogP contribution in [0.25, 0.3) is 10.8 Å². The Kier molecular flexibility index (Phi) is 3.49. The predicted octanol–water partition coefficient (Wildman–Crippen LogP) is 0.528. The van der Waals surface area contributed by atoms with Crippen LogP contribution in [0.1, 0.15) is 6.04 Å². The Bertz CT molecular complexity index is 751. The zero-order chi connectivity index (χ0) is 14.9. The van der Waals surface area contributed by atoms with Gasteiger partial charge in [0.1, 0.15) is 0 Å². The number of nitro groups is 1. The van der Waals surface area contributed by atoms with Gasteiger partial charge in [0.05, 0.1) is 22.3 Å². The molecule has 2 N–H and O–H groups in total. The summed E-state index contributed by atoms with van der Waals surface area (Å²) in [5, 5.41) is 29.0. The van der Waals surface area contributed by atoms with Crippen molar-refractivity contribution < 1.29 is 19.9 Å². The molecule has 1 atom stereocenters. The van der Waals surface area contributed by atoms with Gasteiger partial charge in [0.15, 0.2) is 6.04 Å². The van der Waals surface area contributed by atoms with Gasteiger partial charge in [0.25, 0.3) is 11.2 Å². The second kappa shape index (κ2) is 5.10. The highest BCUT2D eigenvalue weighted by molar-refractivity contribution is 5.90. The number of fused-ring (bicyclic) bond motifs is 1. The molecule has 0 fully saturated rings. The zero-order valence-electron chi connectivity index (χ0n) is 10.1. The average Bonchev–Trinajstić information content (AvgIpc) is 2.41. The summed E-state index contributed by atoms with van der Waals surface area (Å²) >= 11 is 0. The third kappa shape index (κ3) is 2.12. The molecule has 20 heavy (non-hydrogen) atoms. The molecule has 0 spiro atoms. The second-order valence-corrected chi connectivity index (χ2v) is 4.06. The SMILES string of the molecule is O=C(O)C(CO)n1ccc2c([N+](=O)[O-])cccc2c1=O. The first-order valence-electron chi connectivity index (χ1n) is 5.59. The van der Waals surface area contributed by atoms with Gasteiger partial charge in [-0.1, -0.05) is 6.07 Å². The van der Waals surface area contributed by atoms with Gasteiger partial charge in [-0.05, 0) is 12.1 Å². The first-order chi connectivity index (χ1) is 9.47. The lowest BCUT2D eigenvalue weighted by molar-refractivity contribution is -0.383. The van der Waals surface area contributed by atoms with Crippen molar-refractivity contribution in [3.05, 3.63) is 50.9 Å². The molecule has 0 saturated heterocycles. The van der Waals surface area contributed by atoms with E-state index >= 15 is 0 Å². The van der Waals surface area contributed by atoms with Crippen LogP contribution in [0.2, 0.25) is 0 Å². The minimum absolute atomic E-state index is 0.0291. The fourth-order valence-electron chi connectivity index (χ4n) is 1.97. The van der Waals surface area contributed by atoms with Gasteiger partial charge >= 0.3 is 5.97 Å². The normalized spacial score (nSPS) is 12.2. The maximum absolute atomic E-state index is 12.2. The Labute approximate surface area is 111 Å². The summed E-state index contributed by atoms with van der Waals surface area (Å²) < 4.78 is 0.842. The molecule has 1 aromatic carbocycles. The number of non-ortho nitro benzene ring substituents is 1. The Hall–Kier alpha value is -2.74. The van der Waals surface area contributed by atoms with Gasteiger partial charge in [-0.25, -0.2) is 4.79 Å². The van der Waals surface area contributed by atoms with Gasteiger partial charge < -0.3 is 10.2 Å². The largest absolute Gasteiger partial charge is 0.480 e. The minimum atomic E-state index is -1.42. The van der Waals surface area contributed by atoms with E-state index < -0.39 is 29.1 Å². The van der Waals surface area contributed by atoms with Gasteiger partial charge in [0.2, 0.25) is 0 Å². The first-order valence-corrected chi connectivity index (χ1v) is 5.59. The molecule has 2 rings (SSSR count). The lowest BCUT2D eigenvalue weighted by Gasteiger charge is -2.13. The van der Waals surface area contributed by atoms with E-state index in [1.807, 2.05) is 0 Å². The van der Waals surface area contributed by atoms with Crippen LogP contribution in [0.3, 0.4) is 0 Å². The summed E-state index contributed by atoms with van der Waals surface area (Å²) in [7, 11) is 0. The predicted molar refractivity (Wildman–Crippen MR) is 68.6 cm³/mol. The molecule has 0 aliphatic carbocycles. The lowest BCUT2D eigenvalue weighted by Crippen LogP contribution is -2.31. The van der Waals surface area contributed by atoms with Crippen LogP contribution in [-0.4, -0.2) is 32.3 Å². The molecule has 1 heterocycles. The summed E-state index contributed by atoms with van der Waals surface area (Å²) in [5.74, 6) is -1.36. The van der Waals surface area contributed by atoms with Crippen LogP contribution in [0.15, 0.2) is 35.3 Å². The van der Waals surface area contributed by atoms with E-state index in [-0.39, 0.29) is 16.5 Å². The molecule has 8 nitrogen and oxygen atoms in total. The van der Waals surface area contributed by atoms with Crippen molar-refractivity contribution >= 4 is 22.4 Å². The third-order valence-corrected chi connectivity index (χ3v) is 2.94. The monoisotopic (exact) mass is 278 g/mol. The standard InChI is InChI=1S/C12H10N2O6/c15-6-10(12(17)18)13-5-4-7-8(11(13)16)2-1-3-9(7)14(19)20/h1-5,10,15H,6H2,(H,17,18). The third-order valence-electron chi connectivity index (χ3n) is 2.94. The Morgan fingerprint density at radius 2 is 2.05 bits per heavy atom. The molecule has 0 aliphatic heterocycles. The molecule has 1 unspecified atom stereocenters. The molecule has 2 aromatic rings. The number of carbonyl (C=O) groups is 1. The number of hydrogen-bond donors (Lipinski definition) is 2. The molecule has 0 radical (unpaired) electrons. The molecule has 104 valence electrons. The van der Waals surface area contributed by atoms with E-state index in [0.717, 1.165) is 10.8 Å². The van der Waals surface area contributed by atoms with Gasteiger partial charge in [-0.3, -0.25) is 19.5 Å². The molecule has 0 amide bonds. The average molecular weight is 278 g/mol. The van der Waals surface area contributed by atoms with Crippen molar-refractivity contribution in [1.82, 2.24) is 4.57 Å². The maximum Gasteiger partial charge on any atom is 0.329 e. The van der Waals surface area contributed by atoms with E-state index in [2.05, 4.69) is 0 Å². The number of carboxylic acids is 1. The Morgan fingerprint density at radius 3 is 2.60 bits per heavy atom. The molecule has 0 bridgehead atoms. The van der Waals surface area contributed by atoms with Gasteiger partial charge in [-0.2, -0.15) is 0 Å². The number of aromatic nitrogens is 1. The summed E-state index contributed by atoms with van der Waals surface area (Å²) in [4.78, 5) is 33.4. The van der Waals surface area contributed by atoms with Gasteiger partial charge in [-0.15, -0.1) is 0 Å². The van der Waals surface area contributed by atoms with E-state index in [1.165, 1.54) is 24.3 Å². The number of aliphatic hydroxyl groups is 1. The number of benzene rings is 1. The molecule has 0 saturated carbocycles. The van der Waals surface area contributed by atoms with E-state index in [0.29, 0.717) is 0 Å². The van der Waals surface area contributed by atoms with Gasteiger partial charge in [0, 0.05) is 12.3 Å². The second-order valence-electron chi connectivity index (χ2n) is 4.06. The van der Waals surface area contributed by atoms with Crippen molar-refractivity contribution in [2.75, 3.05) is 6.61 Å². The van der Waals surface area contributed by atoms with Crippen molar-refractivity contribution in [2.24, 2.45) is 0 Å². The number of aliphatic carboxylic acids is 1. The summed E-state index contributed by atoms with van der Waals surface area (Å²) in [6.07, 6.45) is 1.13. The number of nitro benzene ring substituents is 1. The summed E-state index contributed by atoms with van der Waals surface area (Å²) in [6.45, 7) is -0.754. The van der Waals surface area contributed by atoms with Crippen molar-refractivity contribution in [3.63, 3.8) is 0 Å². The molecule has 1 aromatic heterocycles. The highest BCUT2D eigenvalue weighted by Crippen LogP contribution is 2.23. The van der Waals surface area contributed by atoms with E-state index in [4.69, 9.17) is 10.2 Å². The Balaban J connectivity index is 2.76. The summed E-state index contributed by atoms with van der Waals surface area (Å²) in [6, 6.07) is 3.84. The smallest absolute Gasteiger partial charge is 0.329 e. The lowest BCUT2D eigenvalue weighted by atomic mass is 10.1. The number of aliphatic hydroxyl groups excluding tert-OH is 1. The fourth-order valence-corrected chi connectivity index (χ4v) is 1.97. The van der Waals surface area contributed by atoms with Crippen LogP contribution in [0.4, 0.5) is 5.69 Å². The maximum atomic E-state index is 12.2. The molecular weight excluding hydrogens is 268 g/mol. The van der Waals surface area contributed by atoms with Crippen LogP contribution in [-0.2, 0) is 4.79 Å². The van der Waals surface area contributed by atoms with Crippen molar-refractivity contribution in [3.8, 4) is 0 Å². The Morgan fingerprint density at radius 1 is 1.35 bits per heavy atom. The number of hydrogen-bond acceptors (Lipinski definition) is 5. The van der Waals surface area contributed by atoms with Crippen LogP contribution in [0.5, 0.6) is 0 Å². The fraction of sp³-hybridized carbons (Fsp3) is 0.167. The highest BCUT2D eigenvalue weighted by atomic mass is 16.6. The first kappa shape index (κ1) is 13.7. The zero-order valence-corrected chi connectivity index (χ0v) is 10.1. The molecule has 8 heteroatoms. The molecule has 0 aliphatic rings. The minimum Gasteiger partial charge on any atom is -0.480 e. The van der Waals surface area contributed by atoms with Crippen LogP contribution < -0.4 is 5.56 Å². The summed E-state index contributed by atoms with van der Waals surface area (Å²) in [5.41, 5.74) is -0.935. The van der Waals surface area contributed by atoms with E-state index in [9.17, 15) is 19.7 Å².